The van der Waals surface area contributed by atoms with Gasteiger partial charge in [0.2, 0.25) is 0 Å². The standard InChI is InChI=1S/C24H28N6O/c1-24(2,3)27-16-9-10-30(14-16)23-8-7-19-20(26-23)6-5-18(25-19)17-11-15-13-29(4)28-21(15)12-22(17)31/h5-8,11-13,16,27,31H,9-10,14H2,1-4H3. The van der Waals surface area contributed by atoms with Crippen molar-refractivity contribution in [3.05, 3.63) is 42.6 Å². The van der Waals surface area contributed by atoms with E-state index in [1.807, 2.05) is 43.6 Å². The highest BCUT2D eigenvalue weighted by molar-refractivity contribution is 5.88. The van der Waals surface area contributed by atoms with Crippen LogP contribution in [0.3, 0.4) is 0 Å². The largest absolute Gasteiger partial charge is 0.507 e. The van der Waals surface area contributed by atoms with Crippen LogP contribution in [0.2, 0.25) is 0 Å². The molecule has 0 radical (unpaired) electrons. The molecular weight excluding hydrogens is 388 g/mol. The SMILES string of the molecule is Cn1cc2cc(-c3ccc4nc(N5CCC(NC(C)(C)C)C5)ccc4n3)c(O)cc2n1. The zero-order valence-corrected chi connectivity index (χ0v) is 18.4. The van der Waals surface area contributed by atoms with Crippen LogP contribution in [0, 0.1) is 0 Å². The van der Waals surface area contributed by atoms with Gasteiger partial charge in [0.15, 0.2) is 0 Å². The van der Waals surface area contributed by atoms with Crippen LogP contribution < -0.4 is 10.2 Å². The van der Waals surface area contributed by atoms with Gasteiger partial charge in [0.05, 0.1) is 22.2 Å². The van der Waals surface area contributed by atoms with E-state index in [1.165, 1.54) is 0 Å². The zero-order chi connectivity index (χ0) is 21.8. The predicted octanol–water partition coefficient (Wildman–Crippen LogP) is 3.86. The van der Waals surface area contributed by atoms with E-state index in [4.69, 9.17) is 9.97 Å². The number of nitrogens with zero attached hydrogens (tertiary/aromatic N) is 5. The first kappa shape index (κ1) is 19.8. The van der Waals surface area contributed by atoms with Crippen molar-refractivity contribution < 1.29 is 5.11 Å². The first-order chi connectivity index (χ1) is 14.7. The molecule has 1 fully saturated rings. The predicted molar refractivity (Wildman–Crippen MR) is 124 cm³/mol. The Morgan fingerprint density at radius 3 is 2.61 bits per heavy atom. The molecule has 0 amide bonds. The fraction of sp³-hybridized carbons (Fsp3) is 0.375. The number of benzene rings is 1. The maximum Gasteiger partial charge on any atom is 0.129 e. The quantitative estimate of drug-likeness (QED) is 0.528. The van der Waals surface area contributed by atoms with Crippen LogP contribution in [0.15, 0.2) is 42.6 Å². The minimum atomic E-state index is 0.113. The van der Waals surface area contributed by atoms with Crippen molar-refractivity contribution in [2.75, 3.05) is 18.0 Å². The van der Waals surface area contributed by atoms with Crippen LogP contribution in [0.1, 0.15) is 27.2 Å². The minimum Gasteiger partial charge on any atom is -0.507 e. The van der Waals surface area contributed by atoms with Gasteiger partial charge in [0, 0.05) is 54.9 Å². The summed E-state index contributed by atoms with van der Waals surface area (Å²) >= 11 is 0. The van der Waals surface area contributed by atoms with Gasteiger partial charge in [-0.25, -0.2) is 9.97 Å². The fourth-order valence-electron chi connectivity index (χ4n) is 4.41. The molecule has 4 heterocycles. The Morgan fingerprint density at radius 2 is 1.81 bits per heavy atom. The number of aryl methyl sites for hydroxylation is 1. The lowest BCUT2D eigenvalue weighted by molar-refractivity contribution is 0.373. The molecule has 2 N–H and O–H groups in total. The molecule has 1 saturated heterocycles. The summed E-state index contributed by atoms with van der Waals surface area (Å²) in [6, 6.07) is 12.1. The van der Waals surface area contributed by atoms with Crippen molar-refractivity contribution in [3.8, 4) is 17.0 Å². The molecule has 31 heavy (non-hydrogen) atoms. The van der Waals surface area contributed by atoms with Crippen LogP contribution in [-0.4, -0.2) is 49.5 Å². The van der Waals surface area contributed by atoms with Crippen molar-refractivity contribution in [1.29, 1.82) is 0 Å². The summed E-state index contributed by atoms with van der Waals surface area (Å²) in [5, 5.41) is 19.5. The monoisotopic (exact) mass is 416 g/mol. The van der Waals surface area contributed by atoms with Gasteiger partial charge in [0.25, 0.3) is 0 Å². The Kier molecular flexibility index (Phi) is 4.59. The van der Waals surface area contributed by atoms with Gasteiger partial charge in [-0.1, -0.05) is 0 Å². The summed E-state index contributed by atoms with van der Waals surface area (Å²) in [5.74, 6) is 1.16. The lowest BCUT2D eigenvalue weighted by Crippen LogP contribution is -2.44. The molecule has 7 heteroatoms. The third-order valence-electron chi connectivity index (χ3n) is 5.69. The molecule has 1 aliphatic rings. The van der Waals surface area contributed by atoms with E-state index in [1.54, 1.807) is 10.7 Å². The third-order valence-corrected chi connectivity index (χ3v) is 5.69. The van der Waals surface area contributed by atoms with Gasteiger partial charge in [0.1, 0.15) is 11.6 Å². The number of aromatic nitrogens is 4. The lowest BCUT2D eigenvalue weighted by atomic mass is 10.1. The van der Waals surface area contributed by atoms with Crippen molar-refractivity contribution >= 4 is 27.8 Å². The highest BCUT2D eigenvalue weighted by Gasteiger charge is 2.26. The average molecular weight is 417 g/mol. The first-order valence-corrected chi connectivity index (χ1v) is 10.7. The highest BCUT2D eigenvalue weighted by Crippen LogP contribution is 2.33. The topological polar surface area (TPSA) is 79.1 Å². The molecule has 0 spiro atoms. The van der Waals surface area contributed by atoms with Crippen molar-refractivity contribution in [2.45, 2.75) is 38.8 Å². The molecule has 1 aromatic carbocycles. The Hall–Kier alpha value is -3.19. The third kappa shape index (κ3) is 3.93. The number of hydrogen-bond donors (Lipinski definition) is 2. The molecule has 1 unspecified atom stereocenters. The smallest absolute Gasteiger partial charge is 0.129 e. The second kappa shape index (κ2) is 7.20. The molecule has 0 saturated carbocycles. The van der Waals surface area contributed by atoms with Crippen LogP contribution in [0.25, 0.3) is 33.2 Å². The number of aromatic hydroxyl groups is 1. The van der Waals surface area contributed by atoms with E-state index in [2.05, 4.69) is 36.1 Å². The molecule has 1 atom stereocenters. The van der Waals surface area contributed by atoms with Crippen LogP contribution in [-0.2, 0) is 7.05 Å². The zero-order valence-electron chi connectivity index (χ0n) is 18.4. The number of phenols is 1. The van der Waals surface area contributed by atoms with Gasteiger partial charge in [-0.2, -0.15) is 5.10 Å². The number of phenolic OH excluding ortho intramolecular Hbond substituents is 1. The van der Waals surface area contributed by atoms with Gasteiger partial charge in [-0.05, 0) is 57.5 Å². The lowest BCUT2D eigenvalue weighted by Gasteiger charge is -2.26. The number of anilines is 1. The van der Waals surface area contributed by atoms with Gasteiger partial charge in [-0.3, -0.25) is 4.68 Å². The minimum absolute atomic E-state index is 0.113. The molecule has 160 valence electrons. The van der Waals surface area contributed by atoms with E-state index in [9.17, 15) is 5.11 Å². The second-order valence-corrected chi connectivity index (χ2v) is 9.46. The first-order valence-electron chi connectivity index (χ1n) is 10.7. The number of hydrogen-bond acceptors (Lipinski definition) is 6. The molecule has 5 rings (SSSR count). The van der Waals surface area contributed by atoms with Crippen LogP contribution >= 0.6 is 0 Å². The molecule has 7 nitrogen and oxygen atoms in total. The molecule has 0 aliphatic carbocycles. The van der Waals surface area contributed by atoms with Gasteiger partial charge >= 0.3 is 0 Å². The molecular formula is C24H28N6O. The summed E-state index contributed by atoms with van der Waals surface area (Å²) < 4.78 is 1.74. The summed E-state index contributed by atoms with van der Waals surface area (Å²) in [5.41, 5.74) is 3.97. The Morgan fingerprint density at radius 1 is 1.03 bits per heavy atom. The molecule has 4 aromatic rings. The van der Waals surface area contributed by atoms with E-state index in [0.29, 0.717) is 11.6 Å². The molecule has 3 aromatic heterocycles. The van der Waals surface area contributed by atoms with Crippen molar-refractivity contribution in [2.24, 2.45) is 7.05 Å². The van der Waals surface area contributed by atoms with Crippen molar-refractivity contribution in [3.63, 3.8) is 0 Å². The maximum absolute atomic E-state index is 10.5. The normalized spacial score (nSPS) is 17.2. The summed E-state index contributed by atoms with van der Waals surface area (Å²) in [6.07, 6.45) is 3.05. The fourth-order valence-corrected chi connectivity index (χ4v) is 4.41. The Labute approximate surface area is 181 Å². The Balaban J connectivity index is 1.43. The number of fused-ring (bicyclic) bond motifs is 2. The van der Waals surface area contributed by atoms with Crippen molar-refractivity contribution in [1.82, 2.24) is 25.1 Å². The summed E-state index contributed by atoms with van der Waals surface area (Å²) in [6.45, 7) is 8.57. The molecule has 0 bridgehead atoms. The van der Waals surface area contributed by atoms with Gasteiger partial charge < -0.3 is 15.3 Å². The van der Waals surface area contributed by atoms with Crippen LogP contribution in [0.4, 0.5) is 5.82 Å². The number of pyridine rings is 2. The average Bonchev–Trinajstić information content (AvgIpc) is 3.30. The molecule has 1 aliphatic heterocycles. The maximum atomic E-state index is 10.5. The number of rotatable bonds is 3. The van der Waals surface area contributed by atoms with E-state index >= 15 is 0 Å². The van der Waals surface area contributed by atoms with Gasteiger partial charge in [-0.15, -0.1) is 0 Å². The van der Waals surface area contributed by atoms with E-state index < -0.39 is 0 Å². The second-order valence-electron chi connectivity index (χ2n) is 9.46. The summed E-state index contributed by atoms with van der Waals surface area (Å²) in [7, 11) is 1.87. The highest BCUT2D eigenvalue weighted by atomic mass is 16.3. The van der Waals surface area contributed by atoms with E-state index in [-0.39, 0.29) is 11.3 Å². The Bertz CT molecular complexity index is 1270. The van der Waals surface area contributed by atoms with Crippen LogP contribution in [0.5, 0.6) is 5.75 Å². The number of nitrogens with one attached hydrogen (secondary N) is 1. The summed E-state index contributed by atoms with van der Waals surface area (Å²) in [4.78, 5) is 12.0. The van der Waals surface area contributed by atoms with E-state index in [0.717, 1.165) is 53.0 Å².